The molecule has 5 heteroatoms. The van der Waals surface area contributed by atoms with Gasteiger partial charge in [0.1, 0.15) is 5.82 Å². The van der Waals surface area contributed by atoms with Crippen LogP contribution in [0.25, 0.3) is 0 Å². The maximum absolute atomic E-state index is 12.6. The van der Waals surface area contributed by atoms with Gasteiger partial charge in [-0.1, -0.05) is 12.8 Å². The number of nitrogens with one attached hydrogen (secondary N) is 2. The smallest absolute Gasteiger partial charge is 0.404 e. The van der Waals surface area contributed by atoms with Crippen molar-refractivity contribution in [2.45, 2.75) is 25.7 Å². The molecule has 0 bridgehead atoms. The Hall–Kier alpha value is -1.78. The Labute approximate surface area is 106 Å². The molecule has 0 unspecified atom stereocenters. The number of hydrogen-bond donors (Lipinski definition) is 3. The summed E-state index contributed by atoms with van der Waals surface area (Å²) >= 11 is 0. The molecule has 0 heterocycles. The first kappa shape index (κ1) is 14.3. The third-order valence-corrected chi connectivity index (χ3v) is 2.55. The highest BCUT2D eigenvalue weighted by Gasteiger charge is 1.95. The Bertz CT molecular complexity index is 355. The maximum Gasteiger partial charge on any atom is 0.404 e. The number of hydrogen-bond acceptors (Lipinski definition) is 2. The summed E-state index contributed by atoms with van der Waals surface area (Å²) in [7, 11) is 0. The second-order valence-corrected chi connectivity index (χ2v) is 4.08. The second-order valence-electron chi connectivity index (χ2n) is 4.08. The summed E-state index contributed by atoms with van der Waals surface area (Å²) < 4.78 is 12.6. The van der Waals surface area contributed by atoms with Crippen LogP contribution < -0.4 is 10.6 Å². The summed E-state index contributed by atoms with van der Waals surface area (Å²) in [6, 6.07) is 6.29. The zero-order chi connectivity index (χ0) is 13.2. The van der Waals surface area contributed by atoms with Crippen molar-refractivity contribution in [3.63, 3.8) is 0 Å². The number of carboxylic acid groups (broad SMARTS) is 1. The molecule has 0 aliphatic carbocycles. The van der Waals surface area contributed by atoms with Gasteiger partial charge in [0.15, 0.2) is 0 Å². The molecule has 3 N–H and O–H groups in total. The van der Waals surface area contributed by atoms with Gasteiger partial charge in [0, 0.05) is 18.8 Å². The third-order valence-electron chi connectivity index (χ3n) is 2.55. The lowest BCUT2D eigenvalue weighted by Crippen LogP contribution is -2.21. The number of carbonyl (C=O) groups is 1. The van der Waals surface area contributed by atoms with Gasteiger partial charge in [-0.2, -0.15) is 0 Å². The highest BCUT2D eigenvalue weighted by molar-refractivity contribution is 5.64. The van der Waals surface area contributed by atoms with Crippen LogP contribution in [0.3, 0.4) is 0 Å². The van der Waals surface area contributed by atoms with Crippen molar-refractivity contribution in [2.75, 3.05) is 18.4 Å². The fraction of sp³-hybridized carbons (Fsp3) is 0.462. The van der Waals surface area contributed by atoms with Crippen molar-refractivity contribution in [3.8, 4) is 0 Å². The van der Waals surface area contributed by atoms with E-state index in [2.05, 4.69) is 10.6 Å². The summed E-state index contributed by atoms with van der Waals surface area (Å²) in [4.78, 5) is 10.2. The Morgan fingerprint density at radius 3 is 2.28 bits per heavy atom. The van der Waals surface area contributed by atoms with Crippen molar-refractivity contribution < 1.29 is 14.3 Å². The molecule has 0 saturated heterocycles. The molecular weight excluding hydrogens is 235 g/mol. The second kappa shape index (κ2) is 8.33. The van der Waals surface area contributed by atoms with Crippen molar-refractivity contribution in [2.24, 2.45) is 0 Å². The third kappa shape index (κ3) is 6.73. The fourth-order valence-corrected chi connectivity index (χ4v) is 1.60. The Balaban J connectivity index is 1.95. The fourth-order valence-electron chi connectivity index (χ4n) is 1.60. The number of halogens is 1. The summed E-state index contributed by atoms with van der Waals surface area (Å²) in [6.45, 7) is 1.36. The molecule has 0 radical (unpaired) electrons. The summed E-state index contributed by atoms with van der Waals surface area (Å²) in [5.41, 5.74) is 0.920. The van der Waals surface area contributed by atoms with E-state index in [9.17, 15) is 9.18 Å². The highest BCUT2D eigenvalue weighted by Crippen LogP contribution is 2.08. The lowest BCUT2D eigenvalue weighted by molar-refractivity contribution is 0.194. The monoisotopic (exact) mass is 254 g/mol. The van der Waals surface area contributed by atoms with Crippen LogP contribution in [0.15, 0.2) is 24.3 Å². The van der Waals surface area contributed by atoms with Gasteiger partial charge in [-0.15, -0.1) is 0 Å². The lowest BCUT2D eigenvalue weighted by Gasteiger charge is -2.06. The Morgan fingerprint density at radius 2 is 1.67 bits per heavy atom. The molecule has 100 valence electrons. The zero-order valence-corrected chi connectivity index (χ0v) is 10.3. The molecule has 0 aromatic heterocycles. The molecule has 0 saturated carbocycles. The number of unbranched alkanes of at least 4 members (excludes halogenated alkanes) is 3. The van der Waals surface area contributed by atoms with Crippen LogP contribution in [0.1, 0.15) is 25.7 Å². The van der Waals surface area contributed by atoms with E-state index >= 15 is 0 Å². The molecular formula is C13H19FN2O2. The van der Waals surface area contributed by atoms with Crippen LogP contribution in [0.4, 0.5) is 14.9 Å². The first-order chi connectivity index (χ1) is 8.68. The van der Waals surface area contributed by atoms with Crippen LogP contribution in [0.2, 0.25) is 0 Å². The first-order valence-corrected chi connectivity index (χ1v) is 6.15. The average molecular weight is 254 g/mol. The molecule has 0 spiro atoms. The van der Waals surface area contributed by atoms with E-state index in [1.54, 1.807) is 12.1 Å². The van der Waals surface area contributed by atoms with Crippen molar-refractivity contribution >= 4 is 11.8 Å². The van der Waals surface area contributed by atoms with Crippen LogP contribution >= 0.6 is 0 Å². The van der Waals surface area contributed by atoms with E-state index in [-0.39, 0.29) is 5.82 Å². The van der Waals surface area contributed by atoms with Crippen LogP contribution in [-0.4, -0.2) is 24.3 Å². The molecule has 0 atom stereocenters. The first-order valence-electron chi connectivity index (χ1n) is 6.15. The summed E-state index contributed by atoms with van der Waals surface area (Å²) in [6.07, 6.45) is 2.97. The maximum atomic E-state index is 12.6. The molecule has 18 heavy (non-hydrogen) atoms. The standard InChI is InChI=1S/C13H19FN2O2/c14-11-5-7-12(8-6-11)15-9-3-1-2-4-10-16-13(17)18/h5-8,15-16H,1-4,9-10H2,(H,17,18). The topological polar surface area (TPSA) is 61.4 Å². The molecule has 4 nitrogen and oxygen atoms in total. The summed E-state index contributed by atoms with van der Waals surface area (Å²) in [5, 5.41) is 13.9. The van der Waals surface area contributed by atoms with E-state index in [0.717, 1.165) is 37.9 Å². The largest absolute Gasteiger partial charge is 0.465 e. The predicted molar refractivity (Wildman–Crippen MR) is 69.4 cm³/mol. The normalized spacial score (nSPS) is 10.1. The summed E-state index contributed by atoms with van der Waals surface area (Å²) in [5.74, 6) is -0.230. The van der Waals surface area contributed by atoms with Crippen LogP contribution in [-0.2, 0) is 0 Å². The van der Waals surface area contributed by atoms with Gasteiger partial charge in [0.25, 0.3) is 0 Å². The van der Waals surface area contributed by atoms with E-state index < -0.39 is 6.09 Å². The van der Waals surface area contributed by atoms with Crippen molar-refractivity contribution in [1.29, 1.82) is 0 Å². The zero-order valence-electron chi connectivity index (χ0n) is 10.3. The molecule has 1 amide bonds. The van der Waals surface area contributed by atoms with E-state index in [1.807, 2.05) is 0 Å². The number of benzene rings is 1. The molecule has 1 aromatic rings. The van der Waals surface area contributed by atoms with Gasteiger partial charge >= 0.3 is 6.09 Å². The highest BCUT2D eigenvalue weighted by atomic mass is 19.1. The quantitative estimate of drug-likeness (QED) is 0.625. The van der Waals surface area contributed by atoms with Gasteiger partial charge in [0.05, 0.1) is 0 Å². The van der Waals surface area contributed by atoms with Crippen molar-refractivity contribution in [1.82, 2.24) is 5.32 Å². The number of rotatable bonds is 8. The molecule has 1 rings (SSSR count). The van der Waals surface area contributed by atoms with E-state index in [1.165, 1.54) is 12.1 Å². The van der Waals surface area contributed by atoms with Gasteiger partial charge in [-0.25, -0.2) is 9.18 Å². The van der Waals surface area contributed by atoms with Gasteiger partial charge in [-0.05, 0) is 37.1 Å². The molecule has 0 aliphatic rings. The minimum atomic E-state index is -0.965. The molecule has 0 aliphatic heterocycles. The average Bonchev–Trinajstić information content (AvgIpc) is 2.34. The predicted octanol–water partition coefficient (Wildman–Crippen LogP) is 3.07. The Morgan fingerprint density at radius 1 is 1.06 bits per heavy atom. The van der Waals surface area contributed by atoms with Gasteiger partial charge in [-0.3, -0.25) is 0 Å². The van der Waals surface area contributed by atoms with Crippen molar-refractivity contribution in [3.05, 3.63) is 30.1 Å². The van der Waals surface area contributed by atoms with Crippen LogP contribution in [0, 0.1) is 5.82 Å². The Kier molecular flexibility index (Phi) is 6.61. The molecule has 0 fully saturated rings. The molecule has 1 aromatic carbocycles. The number of anilines is 1. The SMILES string of the molecule is O=C(O)NCCCCCCNc1ccc(F)cc1. The minimum absolute atomic E-state index is 0.230. The van der Waals surface area contributed by atoms with Gasteiger partial charge in [0.2, 0.25) is 0 Å². The van der Waals surface area contributed by atoms with Gasteiger partial charge < -0.3 is 15.7 Å². The van der Waals surface area contributed by atoms with Crippen LogP contribution in [0.5, 0.6) is 0 Å². The minimum Gasteiger partial charge on any atom is -0.465 e. The number of amides is 1. The lowest BCUT2D eigenvalue weighted by atomic mass is 10.2. The van der Waals surface area contributed by atoms with E-state index in [0.29, 0.717) is 6.54 Å². The van der Waals surface area contributed by atoms with E-state index in [4.69, 9.17) is 5.11 Å².